The summed E-state index contributed by atoms with van der Waals surface area (Å²) in [6.07, 6.45) is 1.05. The zero-order valence-electron chi connectivity index (χ0n) is 17.5. The molecule has 6 aliphatic carbocycles. The Hall–Kier alpha value is -2.44. The molecular formula is C22H26O7. The molecule has 29 heavy (non-hydrogen) atoms. The summed E-state index contributed by atoms with van der Waals surface area (Å²) in [5.74, 6) is -4.83. The van der Waals surface area contributed by atoms with Crippen molar-refractivity contribution in [3.63, 3.8) is 0 Å². The number of ether oxygens (including phenoxy) is 1. The number of carbonyl (C=O) groups is 4. The van der Waals surface area contributed by atoms with E-state index >= 15 is 0 Å². The van der Waals surface area contributed by atoms with E-state index in [1.807, 2.05) is 41.5 Å². The first-order valence-corrected chi connectivity index (χ1v) is 9.85. The molecule has 0 heterocycles. The van der Waals surface area contributed by atoms with Crippen LogP contribution in [-0.2, 0) is 23.9 Å². The second-order valence-electron chi connectivity index (χ2n) is 10.5. The van der Waals surface area contributed by atoms with Crippen LogP contribution >= 0.6 is 0 Å². The van der Waals surface area contributed by atoms with Crippen LogP contribution in [0.5, 0.6) is 0 Å². The Morgan fingerprint density at radius 1 is 0.724 bits per heavy atom. The number of rotatable bonds is 4. The number of carboxylic acids is 2. The average Bonchev–Trinajstić information content (AvgIpc) is 3.21. The summed E-state index contributed by atoms with van der Waals surface area (Å²) in [6.45, 7) is 11.3. The molecule has 0 saturated heterocycles. The van der Waals surface area contributed by atoms with Crippen molar-refractivity contribution in [2.24, 2.45) is 33.5 Å². The fourth-order valence-corrected chi connectivity index (χ4v) is 6.45. The fourth-order valence-electron chi connectivity index (χ4n) is 6.45. The van der Waals surface area contributed by atoms with E-state index in [0.29, 0.717) is 12.8 Å². The SMILES string of the molecule is CC12CC(C(C(=O)O)=C1C(=O)OC(=O)C1=C(C(=O)O)C3CC1(C)C3(C)C)C2(C)C. The second kappa shape index (κ2) is 5.18. The van der Waals surface area contributed by atoms with Crippen molar-refractivity contribution < 1.29 is 34.1 Å². The molecule has 7 nitrogen and oxygen atoms in total. The van der Waals surface area contributed by atoms with Gasteiger partial charge in [-0.05, 0) is 35.5 Å². The maximum atomic E-state index is 13.0. The second-order valence-corrected chi connectivity index (χ2v) is 10.5. The number of hydrogen-bond acceptors (Lipinski definition) is 5. The quantitative estimate of drug-likeness (QED) is 0.548. The minimum Gasteiger partial charge on any atom is -0.478 e. The molecule has 2 fully saturated rings. The molecule has 0 aromatic rings. The molecule has 0 aromatic heterocycles. The van der Waals surface area contributed by atoms with Gasteiger partial charge in [-0.1, -0.05) is 41.5 Å². The lowest BCUT2D eigenvalue weighted by molar-refractivity contribution is -0.158. The molecule has 0 aromatic carbocycles. The van der Waals surface area contributed by atoms with E-state index < -0.39 is 45.5 Å². The van der Waals surface area contributed by atoms with Crippen molar-refractivity contribution in [2.75, 3.05) is 0 Å². The van der Waals surface area contributed by atoms with Crippen molar-refractivity contribution in [3.05, 3.63) is 22.3 Å². The Morgan fingerprint density at radius 3 is 1.28 bits per heavy atom. The summed E-state index contributed by atoms with van der Waals surface area (Å²) in [5, 5.41) is 19.3. The Bertz CT molecular complexity index is 901. The lowest BCUT2D eigenvalue weighted by Crippen LogP contribution is -2.50. The summed E-state index contributed by atoms with van der Waals surface area (Å²) >= 11 is 0. The van der Waals surface area contributed by atoms with Crippen LogP contribution in [0.15, 0.2) is 22.3 Å². The first-order valence-electron chi connectivity index (χ1n) is 9.85. The molecule has 7 heteroatoms. The van der Waals surface area contributed by atoms with E-state index in [2.05, 4.69) is 0 Å². The standard InChI is InChI=1S/C22H26O7/c1-19(2)9-7-21(19,5)13(11(9)15(23)24)17(27)29-18(28)14-12(16(25)26)10-8-22(14,6)20(10,3)4/h9-10H,7-8H2,1-6H3,(H,23,24)(H,25,26). The lowest BCUT2D eigenvalue weighted by atomic mass is 9.49. The van der Waals surface area contributed by atoms with Gasteiger partial charge in [0.15, 0.2) is 0 Å². The molecular weight excluding hydrogens is 376 g/mol. The third-order valence-electron chi connectivity index (χ3n) is 9.20. The van der Waals surface area contributed by atoms with Gasteiger partial charge in [-0.15, -0.1) is 0 Å². The van der Waals surface area contributed by atoms with Crippen LogP contribution in [0.2, 0.25) is 0 Å². The van der Waals surface area contributed by atoms with Crippen molar-refractivity contribution in [3.8, 4) is 0 Å². The molecule has 156 valence electrons. The highest BCUT2D eigenvalue weighted by molar-refractivity contribution is 6.11. The minimum absolute atomic E-state index is 0.0185. The van der Waals surface area contributed by atoms with Crippen molar-refractivity contribution >= 4 is 23.9 Å². The van der Waals surface area contributed by atoms with Crippen LogP contribution < -0.4 is 0 Å². The van der Waals surface area contributed by atoms with Crippen LogP contribution in [0.4, 0.5) is 0 Å². The van der Waals surface area contributed by atoms with E-state index in [4.69, 9.17) is 4.74 Å². The molecule has 2 saturated carbocycles. The van der Waals surface area contributed by atoms with E-state index in [9.17, 15) is 29.4 Å². The summed E-state index contributed by atoms with van der Waals surface area (Å²) in [7, 11) is 0. The molecule has 0 radical (unpaired) electrons. The number of hydrogen-bond donors (Lipinski definition) is 2. The zero-order chi connectivity index (χ0) is 21.9. The largest absolute Gasteiger partial charge is 0.478 e. The van der Waals surface area contributed by atoms with Gasteiger partial charge in [-0.2, -0.15) is 0 Å². The monoisotopic (exact) mass is 402 g/mol. The zero-order valence-corrected chi connectivity index (χ0v) is 17.5. The third-order valence-corrected chi connectivity index (χ3v) is 9.20. The Labute approximate surface area is 168 Å². The molecule has 6 rings (SSSR count). The molecule has 0 amide bonds. The number of carbonyl (C=O) groups excluding carboxylic acids is 2. The Balaban J connectivity index is 1.69. The maximum Gasteiger partial charge on any atom is 0.343 e. The van der Waals surface area contributed by atoms with E-state index in [1.54, 1.807) is 0 Å². The van der Waals surface area contributed by atoms with E-state index in [0.717, 1.165) is 0 Å². The Morgan fingerprint density at radius 2 is 1.03 bits per heavy atom. The van der Waals surface area contributed by atoms with E-state index in [-0.39, 0.29) is 34.1 Å². The topological polar surface area (TPSA) is 118 Å². The molecule has 4 bridgehead atoms. The molecule has 0 spiro atoms. The number of aliphatic carboxylic acids is 2. The highest BCUT2D eigenvalue weighted by Gasteiger charge is 2.71. The average molecular weight is 402 g/mol. The number of carboxylic acid groups (broad SMARTS) is 2. The third kappa shape index (κ3) is 1.94. The van der Waals surface area contributed by atoms with Crippen LogP contribution in [0, 0.1) is 33.5 Å². The predicted molar refractivity (Wildman–Crippen MR) is 100 cm³/mol. The predicted octanol–water partition coefficient (Wildman–Crippen LogP) is 2.95. The molecule has 2 N–H and O–H groups in total. The van der Waals surface area contributed by atoms with Crippen molar-refractivity contribution in [1.29, 1.82) is 0 Å². The van der Waals surface area contributed by atoms with Crippen LogP contribution in [0.1, 0.15) is 54.4 Å². The van der Waals surface area contributed by atoms with Gasteiger partial charge in [0.25, 0.3) is 0 Å². The van der Waals surface area contributed by atoms with E-state index in [1.165, 1.54) is 0 Å². The van der Waals surface area contributed by atoms with Gasteiger partial charge in [0, 0.05) is 10.8 Å². The fraction of sp³-hybridized carbons (Fsp3) is 0.636. The highest BCUT2D eigenvalue weighted by Crippen LogP contribution is 2.74. The molecule has 4 unspecified atom stereocenters. The van der Waals surface area contributed by atoms with Gasteiger partial charge in [0.1, 0.15) is 0 Å². The van der Waals surface area contributed by atoms with Crippen LogP contribution in [0.25, 0.3) is 0 Å². The van der Waals surface area contributed by atoms with Gasteiger partial charge in [0.2, 0.25) is 0 Å². The number of esters is 2. The summed E-state index contributed by atoms with van der Waals surface area (Å²) < 4.78 is 5.17. The summed E-state index contributed by atoms with van der Waals surface area (Å²) in [6, 6.07) is 0. The van der Waals surface area contributed by atoms with Gasteiger partial charge >= 0.3 is 23.9 Å². The summed E-state index contributed by atoms with van der Waals surface area (Å²) in [5.41, 5.74) is -2.10. The normalized spacial score (nSPS) is 37.7. The highest BCUT2D eigenvalue weighted by atomic mass is 16.6. The van der Waals surface area contributed by atoms with Gasteiger partial charge < -0.3 is 14.9 Å². The Kier molecular flexibility index (Phi) is 3.55. The van der Waals surface area contributed by atoms with Gasteiger partial charge in [0.05, 0.1) is 22.3 Å². The van der Waals surface area contributed by atoms with Crippen LogP contribution in [-0.4, -0.2) is 34.1 Å². The molecule has 6 aliphatic rings. The molecule has 4 atom stereocenters. The van der Waals surface area contributed by atoms with Crippen molar-refractivity contribution in [2.45, 2.75) is 54.4 Å². The summed E-state index contributed by atoms with van der Waals surface area (Å²) in [4.78, 5) is 49.6. The van der Waals surface area contributed by atoms with Gasteiger partial charge in [-0.25, -0.2) is 19.2 Å². The first kappa shape index (κ1) is 19.9. The van der Waals surface area contributed by atoms with Crippen molar-refractivity contribution in [1.82, 2.24) is 0 Å². The first-order chi connectivity index (χ1) is 13.1. The smallest absolute Gasteiger partial charge is 0.343 e. The van der Waals surface area contributed by atoms with Gasteiger partial charge in [-0.3, -0.25) is 0 Å². The molecule has 0 aliphatic heterocycles. The maximum absolute atomic E-state index is 13.0. The lowest BCUT2D eigenvalue weighted by Gasteiger charge is -2.54. The van der Waals surface area contributed by atoms with Crippen LogP contribution in [0.3, 0.4) is 0 Å². The minimum atomic E-state index is -1.18.